The first-order valence-electron chi connectivity index (χ1n) is 8.68. The molecule has 0 aromatic rings. The molecule has 2 aliphatic rings. The maximum atomic E-state index is 6.01. The lowest BCUT2D eigenvalue weighted by Crippen LogP contribution is -2.47. The smallest absolute Gasteiger partial charge is 0.0135 e. The van der Waals surface area contributed by atoms with Crippen molar-refractivity contribution in [3.05, 3.63) is 0 Å². The van der Waals surface area contributed by atoms with Gasteiger partial charge in [0.05, 0.1) is 0 Å². The van der Waals surface area contributed by atoms with Crippen molar-refractivity contribution in [2.24, 2.45) is 23.5 Å². The molecule has 2 aliphatic carbocycles. The summed E-state index contributed by atoms with van der Waals surface area (Å²) in [7, 11) is 0. The van der Waals surface area contributed by atoms with Crippen LogP contribution in [-0.2, 0) is 0 Å². The first kappa shape index (κ1) is 15.3. The van der Waals surface area contributed by atoms with Crippen LogP contribution in [0.15, 0.2) is 0 Å². The molecule has 0 spiro atoms. The number of hydrogen-bond acceptors (Lipinski definition) is 2. The third-order valence-electron chi connectivity index (χ3n) is 5.68. The molecule has 2 fully saturated rings. The van der Waals surface area contributed by atoms with E-state index < -0.39 is 0 Å². The van der Waals surface area contributed by atoms with Crippen LogP contribution in [0.2, 0.25) is 0 Å². The Hall–Kier alpha value is -0.0800. The summed E-state index contributed by atoms with van der Waals surface area (Å²) in [5.41, 5.74) is 6.01. The highest BCUT2D eigenvalue weighted by atomic mass is 15.2. The number of nitrogens with zero attached hydrogens (tertiary/aromatic N) is 1. The highest BCUT2D eigenvalue weighted by molar-refractivity contribution is 4.85. The van der Waals surface area contributed by atoms with Gasteiger partial charge < -0.3 is 10.6 Å². The quantitative estimate of drug-likeness (QED) is 0.823. The van der Waals surface area contributed by atoms with Gasteiger partial charge in [-0.25, -0.2) is 0 Å². The first-order chi connectivity index (χ1) is 9.24. The molecule has 0 aromatic carbocycles. The molecule has 0 bridgehead atoms. The lowest BCUT2D eigenvalue weighted by molar-refractivity contribution is 0.0837. The van der Waals surface area contributed by atoms with E-state index in [9.17, 15) is 0 Å². The van der Waals surface area contributed by atoms with E-state index >= 15 is 0 Å². The Balaban J connectivity index is 1.87. The molecule has 2 atom stereocenters. The van der Waals surface area contributed by atoms with Crippen molar-refractivity contribution in [1.29, 1.82) is 0 Å². The van der Waals surface area contributed by atoms with Crippen LogP contribution in [-0.4, -0.2) is 30.6 Å². The van der Waals surface area contributed by atoms with Gasteiger partial charge >= 0.3 is 0 Å². The van der Waals surface area contributed by atoms with E-state index in [2.05, 4.69) is 18.7 Å². The molecule has 0 amide bonds. The van der Waals surface area contributed by atoms with Crippen molar-refractivity contribution in [2.45, 2.75) is 71.3 Å². The molecule has 2 N–H and O–H groups in total. The summed E-state index contributed by atoms with van der Waals surface area (Å²) in [6.45, 7) is 8.20. The second-order valence-electron chi connectivity index (χ2n) is 7.06. The minimum Gasteiger partial charge on any atom is -0.330 e. The van der Waals surface area contributed by atoms with E-state index in [0.29, 0.717) is 0 Å². The van der Waals surface area contributed by atoms with Crippen LogP contribution in [0.5, 0.6) is 0 Å². The van der Waals surface area contributed by atoms with Crippen molar-refractivity contribution in [3.63, 3.8) is 0 Å². The molecule has 2 saturated carbocycles. The van der Waals surface area contributed by atoms with Crippen LogP contribution in [0.4, 0.5) is 0 Å². The normalized spacial score (nSPS) is 36.6. The molecule has 0 saturated heterocycles. The van der Waals surface area contributed by atoms with E-state index in [1.54, 1.807) is 0 Å². The Bertz CT molecular complexity index is 246. The molecule has 0 radical (unpaired) electrons. The van der Waals surface area contributed by atoms with Crippen LogP contribution >= 0.6 is 0 Å². The molecule has 19 heavy (non-hydrogen) atoms. The number of hydrogen-bond donors (Lipinski definition) is 1. The van der Waals surface area contributed by atoms with Crippen molar-refractivity contribution >= 4 is 0 Å². The Morgan fingerprint density at radius 3 is 2.32 bits per heavy atom. The van der Waals surface area contributed by atoms with E-state index in [0.717, 1.165) is 30.3 Å². The third-order valence-corrected chi connectivity index (χ3v) is 5.68. The highest BCUT2D eigenvalue weighted by Crippen LogP contribution is 2.32. The SMILES string of the molecule is CCN(CC1CCC(C)CC1)C1CCCCC1CN. The maximum absolute atomic E-state index is 6.01. The van der Waals surface area contributed by atoms with Gasteiger partial charge in [0.1, 0.15) is 0 Å². The summed E-state index contributed by atoms with van der Waals surface area (Å²) in [4.78, 5) is 2.78. The fourth-order valence-corrected chi connectivity index (χ4v) is 4.29. The molecule has 0 heterocycles. The van der Waals surface area contributed by atoms with Crippen molar-refractivity contribution < 1.29 is 0 Å². The van der Waals surface area contributed by atoms with Crippen molar-refractivity contribution in [1.82, 2.24) is 4.90 Å². The van der Waals surface area contributed by atoms with Crippen LogP contribution in [0.3, 0.4) is 0 Å². The van der Waals surface area contributed by atoms with E-state index in [1.165, 1.54) is 64.5 Å². The standard InChI is InChI=1S/C17H34N2/c1-3-19(13-15-10-8-14(2)9-11-15)17-7-5-4-6-16(17)12-18/h14-17H,3-13,18H2,1-2H3. The molecule has 112 valence electrons. The summed E-state index contributed by atoms with van der Waals surface area (Å²) >= 11 is 0. The largest absolute Gasteiger partial charge is 0.330 e. The lowest BCUT2D eigenvalue weighted by atomic mass is 9.80. The Labute approximate surface area is 120 Å². The van der Waals surface area contributed by atoms with Gasteiger partial charge in [0.2, 0.25) is 0 Å². The summed E-state index contributed by atoms with van der Waals surface area (Å²) in [5.74, 6) is 2.69. The Morgan fingerprint density at radius 1 is 1.00 bits per heavy atom. The van der Waals surface area contributed by atoms with Gasteiger partial charge in [-0.2, -0.15) is 0 Å². The second-order valence-corrected chi connectivity index (χ2v) is 7.06. The molecule has 0 aromatic heterocycles. The molecule has 2 unspecified atom stereocenters. The van der Waals surface area contributed by atoms with Gasteiger partial charge in [-0.1, -0.05) is 39.5 Å². The van der Waals surface area contributed by atoms with Gasteiger partial charge in [0, 0.05) is 12.6 Å². The second kappa shape index (κ2) is 7.64. The minimum atomic E-state index is 0.760. The third kappa shape index (κ3) is 4.19. The lowest BCUT2D eigenvalue weighted by Gasteiger charge is -2.41. The fourth-order valence-electron chi connectivity index (χ4n) is 4.29. The number of nitrogens with two attached hydrogens (primary N) is 1. The summed E-state index contributed by atoms with van der Waals surface area (Å²) in [5, 5.41) is 0. The topological polar surface area (TPSA) is 29.3 Å². The molecular weight excluding hydrogens is 232 g/mol. The molecule has 2 rings (SSSR count). The molecule has 2 nitrogen and oxygen atoms in total. The van der Waals surface area contributed by atoms with Crippen LogP contribution in [0, 0.1) is 17.8 Å². The summed E-state index contributed by atoms with van der Waals surface area (Å²) in [6.07, 6.45) is 11.4. The zero-order valence-corrected chi connectivity index (χ0v) is 13.1. The van der Waals surface area contributed by atoms with Crippen molar-refractivity contribution in [3.8, 4) is 0 Å². The highest BCUT2D eigenvalue weighted by Gasteiger charge is 2.30. The predicted molar refractivity (Wildman–Crippen MR) is 83.2 cm³/mol. The molecule has 0 aliphatic heterocycles. The van der Waals surface area contributed by atoms with E-state index in [-0.39, 0.29) is 0 Å². The van der Waals surface area contributed by atoms with Gasteiger partial charge in [0.15, 0.2) is 0 Å². The summed E-state index contributed by atoms with van der Waals surface area (Å²) in [6, 6.07) is 0.781. The van der Waals surface area contributed by atoms with Crippen molar-refractivity contribution in [2.75, 3.05) is 19.6 Å². The Morgan fingerprint density at radius 2 is 1.68 bits per heavy atom. The first-order valence-corrected chi connectivity index (χ1v) is 8.68. The number of rotatable bonds is 5. The maximum Gasteiger partial charge on any atom is 0.0135 e. The Kier molecular flexibility index (Phi) is 6.15. The molecular formula is C17H34N2. The van der Waals surface area contributed by atoms with Gasteiger partial charge in [-0.05, 0) is 56.5 Å². The zero-order valence-electron chi connectivity index (χ0n) is 13.1. The van der Waals surface area contributed by atoms with Crippen LogP contribution < -0.4 is 5.73 Å². The van der Waals surface area contributed by atoms with E-state index in [4.69, 9.17) is 5.73 Å². The average molecular weight is 266 g/mol. The molecule has 2 heteroatoms. The van der Waals surface area contributed by atoms with Gasteiger partial charge in [-0.15, -0.1) is 0 Å². The monoisotopic (exact) mass is 266 g/mol. The van der Waals surface area contributed by atoms with Gasteiger partial charge in [0.25, 0.3) is 0 Å². The van der Waals surface area contributed by atoms with Crippen LogP contribution in [0.25, 0.3) is 0 Å². The average Bonchev–Trinajstić information content (AvgIpc) is 2.46. The van der Waals surface area contributed by atoms with Crippen LogP contribution in [0.1, 0.15) is 65.2 Å². The minimum absolute atomic E-state index is 0.760. The van der Waals surface area contributed by atoms with Gasteiger partial charge in [-0.3, -0.25) is 0 Å². The summed E-state index contributed by atoms with van der Waals surface area (Å²) < 4.78 is 0. The fraction of sp³-hybridized carbons (Fsp3) is 1.00. The van der Waals surface area contributed by atoms with E-state index in [1.807, 2.05) is 0 Å². The predicted octanol–water partition coefficient (Wildman–Crippen LogP) is 3.65. The zero-order chi connectivity index (χ0) is 13.7.